The summed E-state index contributed by atoms with van der Waals surface area (Å²) in [6.45, 7) is 3.04. The second kappa shape index (κ2) is 6.81. The van der Waals surface area contributed by atoms with Crippen LogP contribution in [0.1, 0.15) is 41.5 Å². The Bertz CT molecular complexity index is 864. The van der Waals surface area contributed by atoms with Gasteiger partial charge in [-0.2, -0.15) is 0 Å². The first kappa shape index (κ1) is 18.0. The molecule has 0 bridgehead atoms. The number of aliphatic carboxylic acids is 1. The number of carboxylic acids is 1. The fraction of sp³-hybridized carbons (Fsp3) is 0.412. The van der Waals surface area contributed by atoms with E-state index in [0.717, 1.165) is 25.0 Å². The van der Waals surface area contributed by atoms with Crippen molar-refractivity contribution < 1.29 is 23.5 Å². The molecule has 1 aromatic carbocycles. The van der Waals surface area contributed by atoms with Crippen LogP contribution < -0.4 is 0 Å². The van der Waals surface area contributed by atoms with Gasteiger partial charge in [-0.15, -0.1) is 5.10 Å². The maximum atomic E-state index is 13.8. The van der Waals surface area contributed by atoms with Crippen molar-refractivity contribution in [3.8, 4) is 0 Å². The van der Waals surface area contributed by atoms with Crippen molar-refractivity contribution in [2.45, 2.75) is 45.3 Å². The van der Waals surface area contributed by atoms with Crippen molar-refractivity contribution in [2.75, 3.05) is 0 Å². The zero-order valence-electron chi connectivity index (χ0n) is 14.3. The van der Waals surface area contributed by atoms with Crippen LogP contribution in [0.15, 0.2) is 18.2 Å². The summed E-state index contributed by atoms with van der Waals surface area (Å²) >= 11 is 0. The van der Waals surface area contributed by atoms with E-state index in [1.54, 1.807) is 6.92 Å². The second-order valence-corrected chi connectivity index (χ2v) is 6.37. The highest BCUT2D eigenvalue weighted by Crippen LogP contribution is 2.30. The highest BCUT2D eigenvalue weighted by Gasteiger charge is 2.40. The van der Waals surface area contributed by atoms with E-state index in [2.05, 4.69) is 10.3 Å². The molecule has 1 fully saturated rings. The zero-order chi connectivity index (χ0) is 19.0. The Kier molecular flexibility index (Phi) is 4.71. The quantitative estimate of drug-likeness (QED) is 0.847. The summed E-state index contributed by atoms with van der Waals surface area (Å²) in [7, 11) is 0. The second-order valence-electron chi connectivity index (χ2n) is 6.37. The van der Waals surface area contributed by atoms with Gasteiger partial charge in [0.05, 0.1) is 12.2 Å². The van der Waals surface area contributed by atoms with E-state index in [0.29, 0.717) is 5.69 Å². The van der Waals surface area contributed by atoms with Gasteiger partial charge < -0.3 is 10.0 Å². The van der Waals surface area contributed by atoms with Gasteiger partial charge in [0.25, 0.3) is 5.91 Å². The van der Waals surface area contributed by atoms with Crippen molar-refractivity contribution in [3.63, 3.8) is 0 Å². The van der Waals surface area contributed by atoms with Crippen molar-refractivity contribution in [3.05, 3.63) is 46.8 Å². The lowest BCUT2D eigenvalue weighted by atomic mass is 10.2. The molecule has 0 spiro atoms. The Hall–Kier alpha value is -2.84. The van der Waals surface area contributed by atoms with Crippen LogP contribution in [0, 0.1) is 18.6 Å². The molecule has 1 aromatic heterocycles. The first-order valence-corrected chi connectivity index (χ1v) is 8.19. The Morgan fingerprint density at radius 3 is 2.65 bits per heavy atom. The van der Waals surface area contributed by atoms with Crippen molar-refractivity contribution in [2.24, 2.45) is 0 Å². The molecule has 1 amide bonds. The lowest BCUT2D eigenvalue weighted by molar-refractivity contribution is -0.141. The van der Waals surface area contributed by atoms with E-state index in [9.17, 15) is 23.5 Å². The van der Waals surface area contributed by atoms with Crippen LogP contribution in [0.25, 0.3) is 0 Å². The van der Waals surface area contributed by atoms with Crippen LogP contribution in [0.2, 0.25) is 0 Å². The SMILES string of the molecule is Cc1c(C(=O)N(C2CC2)C(C)C(=O)O)nnn1Cc1ccc(F)cc1F. The third kappa shape index (κ3) is 3.42. The number of carboxylic acid groups (broad SMARTS) is 1. The summed E-state index contributed by atoms with van der Waals surface area (Å²) in [6, 6.07) is 2.12. The lowest BCUT2D eigenvalue weighted by Crippen LogP contribution is -2.45. The topological polar surface area (TPSA) is 88.3 Å². The highest BCUT2D eigenvalue weighted by molar-refractivity contribution is 5.96. The minimum Gasteiger partial charge on any atom is -0.480 e. The molecule has 3 rings (SSSR count). The molecule has 1 N–H and O–H groups in total. The van der Waals surface area contributed by atoms with Gasteiger partial charge in [-0.05, 0) is 32.8 Å². The third-order valence-corrected chi connectivity index (χ3v) is 4.47. The van der Waals surface area contributed by atoms with Gasteiger partial charge >= 0.3 is 5.97 Å². The number of rotatable bonds is 6. The number of aromatic nitrogens is 3. The maximum Gasteiger partial charge on any atom is 0.326 e. The number of benzene rings is 1. The Balaban J connectivity index is 1.85. The first-order valence-electron chi connectivity index (χ1n) is 8.19. The standard InChI is InChI=1S/C17H18F2N4O3/c1-9-15(16(24)23(13-5-6-13)10(2)17(25)26)20-21-22(9)8-11-3-4-12(18)7-14(11)19/h3-4,7,10,13H,5-6,8H2,1-2H3,(H,25,26). The van der Waals surface area contributed by atoms with E-state index < -0.39 is 29.6 Å². The van der Waals surface area contributed by atoms with Gasteiger partial charge in [-0.1, -0.05) is 11.3 Å². The van der Waals surface area contributed by atoms with E-state index in [1.165, 1.54) is 22.6 Å². The van der Waals surface area contributed by atoms with E-state index in [1.807, 2.05) is 0 Å². The summed E-state index contributed by atoms with van der Waals surface area (Å²) in [6.07, 6.45) is 1.49. The number of nitrogens with zero attached hydrogens (tertiary/aromatic N) is 4. The number of hydrogen-bond donors (Lipinski definition) is 1. The molecule has 1 aliphatic rings. The molecule has 1 aliphatic carbocycles. The third-order valence-electron chi connectivity index (χ3n) is 4.47. The van der Waals surface area contributed by atoms with Gasteiger partial charge in [0.1, 0.15) is 17.7 Å². The molecular weight excluding hydrogens is 346 g/mol. The molecule has 2 aromatic rings. The van der Waals surface area contributed by atoms with E-state index in [-0.39, 0.29) is 23.8 Å². The van der Waals surface area contributed by atoms with Crippen LogP contribution >= 0.6 is 0 Å². The highest BCUT2D eigenvalue weighted by atomic mass is 19.1. The lowest BCUT2D eigenvalue weighted by Gasteiger charge is -2.25. The number of halogens is 2. The summed E-state index contributed by atoms with van der Waals surface area (Å²) in [5.74, 6) is -3.00. The molecule has 0 aliphatic heterocycles. The molecule has 1 unspecified atom stereocenters. The predicted octanol–water partition coefficient (Wildman–Crippen LogP) is 1.99. The molecule has 0 saturated heterocycles. The van der Waals surface area contributed by atoms with E-state index >= 15 is 0 Å². The van der Waals surface area contributed by atoms with Crippen molar-refractivity contribution in [1.82, 2.24) is 19.9 Å². The van der Waals surface area contributed by atoms with Gasteiger partial charge in [-0.3, -0.25) is 4.79 Å². The zero-order valence-corrected chi connectivity index (χ0v) is 14.3. The van der Waals surface area contributed by atoms with Gasteiger partial charge in [0, 0.05) is 17.7 Å². The van der Waals surface area contributed by atoms with Crippen LogP contribution in [0.4, 0.5) is 8.78 Å². The summed E-state index contributed by atoms with van der Waals surface area (Å²) in [4.78, 5) is 25.4. The molecule has 1 saturated carbocycles. The smallest absolute Gasteiger partial charge is 0.326 e. The predicted molar refractivity (Wildman–Crippen MR) is 86.5 cm³/mol. The largest absolute Gasteiger partial charge is 0.480 e. The number of carbonyl (C=O) groups is 2. The summed E-state index contributed by atoms with van der Waals surface area (Å²) < 4.78 is 28.2. The minimum absolute atomic E-state index is 0.0177. The number of carbonyl (C=O) groups excluding carboxylic acids is 1. The molecular formula is C17H18F2N4O3. The monoisotopic (exact) mass is 364 g/mol. The summed E-state index contributed by atoms with van der Waals surface area (Å²) in [5, 5.41) is 17.0. The average Bonchev–Trinajstić information content (AvgIpc) is 3.34. The number of amides is 1. The summed E-state index contributed by atoms with van der Waals surface area (Å²) in [5.41, 5.74) is 0.630. The molecule has 26 heavy (non-hydrogen) atoms. The Morgan fingerprint density at radius 1 is 1.38 bits per heavy atom. The Morgan fingerprint density at radius 2 is 2.08 bits per heavy atom. The fourth-order valence-electron chi connectivity index (χ4n) is 2.77. The van der Waals surface area contributed by atoms with Crippen LogP contribution in [0.5, 0.6) is 0 Å². The maximum absolute atomic E-state index is 13.8. The molecule has 1 heterocycles. The minimum atomic E-state index is -1.09. The fourth-order valence-corrected chi connectivity index (χ4v) is 2.77. The van der Waals surface area contributed by atoms with Crippen LogP contribution in [-0.4, -0.2) is 49.0 Å². The average molecular weight is 364 g/mol. The van der Waals surface area contributed by atoms with Crippen molar-refractivity contribution >= 4 is 11.9 Å². The first-order chi connectivity index (χ1) is 12.3. The molecule has 9 heteroatoms. The van der Waals surface area contributed by atoms with E-state index in [4.69, 9.17) is 0 Å². The van der Waals surface area contributed by atoms with Gasteiger partial charge in [0.15, 0.2) is 5.69 Å². The molecule has 138 valence electrons. The molecule has 1 atom stereocenters. The normalized spacial score (nSPS) is 14.9. The van der Waals surface area contributed by atoms with Crippen LogP contribution in [0.3, 0.4) is 0 Å². The van der Waals surface area contributed by atoms with Crippen molar-refractivity contribution in [1.29, 1.82) is 0 Å². The van der Waals surface area contributed by atoms with Gasteiger partial charge in [-0.25, -0.2) is 18.3 Å². The molecule has 0 radical (unpaired) electrons. The van der Waals surface area contributed by atoms with Crippen LogP contribution in [-0.2, 0) is 11.3 Å². The van der Waals surface area contributed by atoms with Gasteiger partial charge in [0.2, 0.25) is 0 Å². The molecule has 7 nitrogen and oxygen atoms in total. The Labute approximate surface area is 148 Å². The number of hydrogen-bond acceptors (Lipinski definition) is 4.